The molecule has 0 unspecified atom stereocenters. The van der Waals surface area contributed by atoms with Crippen molar-refractivity contribution < 1.29 is 32.2 Å². The zero-order chi connectivity index (χ0) is 30.8. The number of alkyl halides is 3. The zero-order valence-corrected chi connectivity index (χ0v) is 23.6. The van der Waals surface area contributed by atoms with Crippen molar-refractivity contribution in [1.82, 2.24) is 20.1 Å². The van der Waals surface area contributed by atoms with Gasteiger partial charge in [-0.3, -0.25) is 14.8 Å². The number of carbonyl (C=O) groups excluding carboxylic acids is 2. The van der Waals surface area contributed by atoms with Crippen LogP contribution in [-0.2, 0) is 10.9 Å². The lowest BCUT2D eigenvalue weighted by atomic mass is 10.1. The van der Waals surface area contributed by atoms with Crippen LogP contribution in [0.1, 0.15) is 49.5 Å². The molecule has 2 amide bonds. The molecule has 2 aromatic heterocycles. The number of ether oxygens (including phenoxy) is 2. The van der Waals surface area contributed by atoms with Gasteiger partial charge in [0.05, 0.1) is 28.5 Å². The number of benzene rings is 2. The SMILES string of the molecule is CC(C)(C)OC(=O)N1CCC/C1=C/Oc1cc(NC(=O)c2cccnc2Nc2ccc3cn[nH]c3c2)cc(C(F)(F)F)c1. The predicted molar refractivity (Wildman–Crippen MR) is 154 cm³/mol. The molecular formula is C30H29F3N6O4. The second-order valence-electron chi connectivity index (χ2n) is 10.9. The first-order valence-corrected chi connectivity index (χ1v) is 13.4. The van der Waals surface area contributed by atoms with E-state index in [2.05, 4.69) is 25.8 Å². The Balaban J connectivity index is 1.37. The maximum atomic E-state index is 13.8. The lowest BCUT2D eigenvalue weighted by Gasteiger charge is -2.25. The standard InChI is InChI=1S/C30H29F3N6O4/c1-29(2,3)43-28(41)39-11-5-6-22(39)17-42-23-13-19(30(31,32)33)12-21(14-23)37-27(40)24-7-4-10-34-26(24)36-20-9-8-18-16-35-38-25(18)15-20/h4,7-10,12-17H,5-6,11H2,1-3H3,(H,34,36)(H,35,38)(H,37,40)/b22-17-. The number of aromatic nitrogens is 3. The van der Waals surface area contributed by atoms with Gasteiger partial charge in [0.2, 0.25) is 0 Å². The van der Waals surface area contributed by atoms with Gasteiger partial charge in [-0.1, -0.05) is 0 Å². The number of aromatic amines is 1. The van der Waals surface area contributed by atoms with Gasteiger partial charge < -0.3 is 20.1 Å². The van der Waals surface area contributed by atoms with Crippen LogP contribution in [0.15, 0.2) is 72.9 Å². The van der Waals surface area contributed by atoms with Crippen LogP contribution in [0.25, 0.3) is 10.9 Å². The molecule has 0 atom stereocenters. The fourth-order valence-corrected chi connectivity index (χ4v) is 4.42. The van der Waals surface area contributed by atoms with Crippen molar-refractivity contribution >= 4 is 40.1 Å². The molecule has 0 saturated carbocycles. The minimum Gasteiger partial charge on any atom is -0.463 e. The van der Waals surface area contributed by atoms with E-state index in [1.165, 1.54) is 29.5 Å². The Morgan fingerprint density at radius 2 is 1.88 bits per heavy atom. The molecule has 1 fully saturated rings. The Hall–Kier alpha value is -5.07. The zero-order valence-electron chi connectivity index (χ0n) is 23.6. The molecule has 10 nitrogen and oxygen atoms in total. The largest absolute Gasteiger partial charge is 0.463 e. The molecule has 0 aliphatic carbocycles. The maximum absolute atomic E-state index is 13.8. The van der Waals surface area contributed by atoms with Crippen molar-refractivity contribution in [2.45, 2.75) is 45.4 Å². The van der Waals surface area contributed by atoms with Crippen molar-refractivity contribution in [3.8, 4) is 5.75 Å². The first-order valence-electron chi connectivity index (χ1n) is 13.4. The van der Waals surface area contributed by atoms with E-state index in [-0.39, 0.29) is 22.8 Å². The van der Waals surface area contributed by atoms with Gasteiger partial charge in [-0.15, -0.1) is 0 Å². The molecule has 0 bridgehead atoms. The fourth-order valence-electron chi connectivity index (χ4n) is 4.42. The molecule has 0 spiro atoms. The van der Waals surface area contributed by atoms with Gasteiger partial charge in [-0.05, 0) is 76.1 Å². The number of nitrogens with zero attached hydrogens (tertiary/aromatic N) is 3. The molecule has 4 aromatic rings. The van der Waals surface area contributed by atoms with Crippen LogP contribution in [-0.4, -0.2) is 44.2 Å². The lowest BCUT2D eigenvalue weighted by molar-refractivity contribution is -0.137. The quantitative estimate of drug-likeness (QED) is 0.202. The van der Waals surface area contributed by atoms with E-state index < -0.39 is 29.3 Å². The topological polar surface area (TPSA) is 121 Å². The number of nitrogens with one attached hydrogen (secondary N) is 3. The second-order valence-corrected chi connectivity index (χ2v) is 10.9. The van der Waals surface area contributed by atoms with Gasteiger partial charge in [0.1, 0.15) is 23.4 Å². The molecule has 5 rings (SSSR count). The van der Waals surface area contributed by atoms with Gasteiger partial charge in [-0.2, -0.15) is 18.3 Å². The highest BCUT2D eigenvalue weighted by atomic mass is 19.4. The van der Waals surface area contributed by atoms with Crippen LogP contribution in [0.3, 0.4) is 0 Å². The Morgan fingerprint density at radius 3 is 2.65 bits per heavy atom. The Bertz CT molecular complexity index is 1690. The highest BCUT2D eigenvalue weighted by molar-refractivity contribution is 6.08. The third-order valence-corrected chi connectivity index (χ3v) is 6.35. The van der Waals surface area contributed by atoms with E-state index in [4.69, 9.17) is 9.47 Å². The van der Waals surface area contributed by atoms with E-state index in [9.17, 15) is 22.8 Å². The molecule has 2 aromatic carbocycles. The summed E-state index contributed by atoms with van der Waals surface area (Å²) in [6.07, 6.45) is 0.240. The van der Waals surface area contributed by atoms with Crippen LogP contribution in [0.4, 0.5) is 35.2 Å². The Morgan fingerprint density at radius 1 is 1.07 bits per heavy atom. The number of H-pyrrole nitrogens is 1. The average molecular weight is 595 g/mol. The molecule has 0 radical (unpaired) electrons. The van der Waals surface area contributed by atoms with Gasteiger partial charge in [0, 0.05) is 35.6 Å². The number of rotatable bonds is 6. The molecular weight excluding hydrogens is 565 g/mol. The van der Waals surface area contributed by atoms with Crippen molar-refractivity contribution in [2.24, 2.45) is 0 Å². The summed E-state index contributed by atoms with van der Waals surface area (Å²) in [5.74, 6) is -0.657. The molecule has 1 aliphatic heterocycles. The molecule has 3 heterocycles. The third-order valence-electron chi connectivity index (χ3n) is 6.35. The van der Waals surface area contributed by atoms with Crippen LogP contribution >= 0.6 is 0 Å². The summed E-state index contributed by atoms with van der Waals surface area (Å²) in [5, 5.41) is 13.3. The monoisotopic (exact) mass is 594 g/mol. The number of fused-ring (bicyclic) bond motifs is 1. The smallest absolute Gasteiger partial charge is 0.416 e. The number of anilines is 3. The first kappa shape index (κ1) is 29.4. The van der Waals surface area contributed by atoms with E-state index in [0.717, 1.165) is 23.0 Å². The van der Waals surface area contributed by atoms with Gasteiger partial charge in [-0.25, -0.2) is 9.78 Å². The van der Waals surface area contributed by atoms with Crippen LogP contribution < -0.4 is 15.4 Å². The van der Waals surface area contributed by atoms with E-state index in [1.807, 2.05) is 6.07 Å². The summed E-state index contributed by atoms with van der Waals surface area (Å²) in [6, 6.07) is 11.4. The summed E-state index contributed by atoms with van der Waals surface area (Å²) >= 11 is 0. The number of allylic oxidation sites excluding steroid dienone is 1. The van der Waals surface area contributed by atoms with Crippen molar-refractivity contribution in [2.75, 3.05) is 17.2 Å². The average Bonchev–Trinajstić information content (AvgIpc) is 3.60. The molecule has 1 aliphatic rings. The molecule has 224 valence electrons. The minimum absolute atomic E-state index is 0.105. The second kappa shape index (κ2) is 11.7. The summed E-state index contributed by atoms with van der Waals surface area (Å²) < 4.78 is 52.4. The Kier molecular flexibility index (Phi) is 7.98. The van der Waals surface area contributed by atoms with Gasteiger partial charge in [0.15, 0.2) is 0 Å². The lowest BCUT2D eigenvalue weighted by Crippen LogP contribution is -2.34. The van der Waals surface area contributed by atoms with Crippen molar-refractivity contribution in [3.05, 3.63) is 84.0 Å². The van der Waals surface area contributed by atoms with Crippen LogP contribution in [0.5, 0.6) is 5.75 Å². The van der Waals surface area contributed by atoms with Gasteiger partial charge >= 0.3 is 12.3 Å². The molecule has 3 N–H and O–H groups in total. The summed E-state index contributed by atoms with van der Waals surface area (Å²) in [7, 11) is 0. The molecule has 1 saturated heterocycles. The maximum Gasteiger partial charge on any atom is 0.416 e. The molecule has 13 heteroatoms. The summed E-state index contributed by atoms with van der Waals surface area (Å²) in [5.41, 5.74) is 0.0926. The normalized spacial score (nSPS) is 14.7. The number of pyridine rings is 1. The number of hydrogen-bond donors (Lipinski definition) is 3. The van der Waals surface area contributed by atoms with Crippen LogP contribution in [0, 0.1) is 0 Å². The number of hydrogen-bond acceptors (Lipinski definition) is 7. The summed E-state index contributed by atoms with van der Waals surface area (Å²) in [6.45, 7) is 5.61. The number of likely N-dealkylation sites (tertiary alicyclic amines) is 1. The summed E-state index contributed by atoms with van der Waals surface area (Å²) in [4.78, 5) is 31.5. The van der Waals surface area contributed by atoms with E-state index >= 15 is 0 Å². The highest BCUT2D eigenvalue weighted by Crippen LogP contribution is 2.35. The van der Waals surface area contributed by atoms with Crippen LogP contribution in [0.2, 0.25) is 0 Å². The highest BCUT2D eigenvalue weighted by Gasteiger charge is 2.32. The number of amides is 2. The first-order chi connectivity index (χ1) is 20.4. The Labute approximate surface area is 244 Å². The van der Waals surface area contributed by atoms with Crippen molar-refractivity contribution in [3.63, 3.8) is 0 Å². The molecule has 43 heavy (non-hydrogen) atoms. The van der Waals surface area contributed by atoms with Crippen molar-refractivity contribution in [1.29, 1.82) is 0 Å². The minimum atomic E-state index is -4.71. The van der Waals surface area contributed by atoms with Gasteiger partial charge in [0.25, 0.3) is 5.91 Å². The number of carbonyl (C=O) groups is 2. The predicted octanol–water partition coefficient (Wildman–Crippen LogP) is 7.22. The van der Waals surface area contributed by atoms with E-state index in [1.54, 1.807) is 45.2 Å². The third kappa shape index (κ3) is 7.23. The van der Waals surface area contributed by atoms with E-state index in [0.29, 0.717) is 30.8 Å². The fraction of sp³-hybridized carbons (Fsp3) is 0.267. The number of halogens is 3.